The molecule has 0 atom stereocenters. The van der Waals surface area contributed by atoms with Crippen molar-refractivity contribution < 1.29 is 14.0 Å². The summed E-state index contributed by atoms with van der Waals surface area (Å²) >= 11 is 0. The summed E-state index contributed by atoms with van der Waals surface area (Å²) in [6.45, 7) is 18.4. The van der Waals surface area contributed by atoms with Crippen molar-refractivity contribution in [1.82, 2.24) is 15.1 Å². The third kappa shape index (κ3) is 5.69. The Morgan fingerprint density at radius 3 is 2.19 bits per heavy atom. The van der Waals surface area contributed by atoms with Crippen LogP contribution in [-0.2, 0) is 22.0 Å². The van der Waals surface area contributed by atoms with E-state index in [9.17, 15) is 9.59 Å². The highest BCUT2D eigenvalue weighted by atomic mass is 16.4. The maximum absolute atomic E-state index is 13.1. The minimum atomic E-state index is -0.0717. The van der Waals surface area contributed by atoms with Gasteiger partial charge < -0.3 is 14.6 Å². The molecule has 6 nitrogen and oxygen atoms in total. The molecular formula is C30H43N3O3. The summed E-state index contributed by atoms with van der Waals surface area (Å²) < 4.78 is 6.06. The third-order valence-corrected chi connectivity index (χ3v) is 8.02. The summed E-state index contributed by atoms with van der Waals surface area (Å²) in [6, 6.07) is 8.64. The fourth-order valence-corrected chi connectivity index (χ4v) is 5.57. The smallest absolute Gasteiger partial charge is 0.289 e. The zero-order valence-corrected chi connectivity index (χ0v) is 23.2. The number of carbonyl (C=O) groups is 2. The third-order valence-electron chi connectivity index (χ3n) is 8.02. The lowest BCUT2D eigenvalue weighted by Crippen LogP contribution is -2.51. The molecule has 0 saturated carbocycles. The molecule has 1 aromatic carbocycles. The molecule has 196 valence electrons. The average molecular weight is 494 g/mol. The average Bonchev–Trinajstić information content (AvgIpc) is 3.26. The van der Waals surface area contributed by atoms with Crippen LogP contribution < -0.4 is 5.32 Å². The number of hydrogen-bond acceptors (Lipinski definition) is 4. The van der Waals surface area contributed by atoms with Gasteiger partial charge in [-0.25, -0.2) is 0 Å². The summed E-state index contributed by atoms with van der Waals surface area (Å²) in [5.74, 6) is 1.17. The number of hydrogen-bond donors (Lipinski definition) is 1. The zero-order chi connectivity index (χ0) is 26.3. The predicted octanol–water partition coefficient (Wildman–Crippen LogP) is 4.81. The number of piperazine rings is 1. The molecule has 0 bridgehead atoms. The van der Waals surface area contributed by atoms with Crippen LogP contribution in [0.1, 0.15) is 93.0 Å². The molecule has 0 radical (unpaired) electrons. The topological polar surface area (TPSA) is 65.8 Å². The largest absolute Gasteiger partial charge is 0.456 e. The van der Waals surface area contributed by atoms with E-state index in [1.54, 1.807) is 6.07 Å². The molecule has 0 unspecified atom stereocenters. The number of nitrogens with one attached hydrogen (secondary N) is 1. The molecule has 2 aromatic rings. The number of furan rings is 1. The normalized spacial score (nSPS) is 19.3. The first kappa shape index (κ1) is 26.5. The Bertz CT molecular complexity index is 1120. The number of carbonyl (C=O) groups excluding carboxylic acids is 2. The second kappa shape index (κ2) is 10.0. The highest BCUT2D eigenvalue weighted by Gasteiger charge is 2.37. The van der Waals surface area contributed by atoms with Crippen molar-refractivity contribution in [3.05, 3.63) is 58.0 Å². The summed E-state index contributed by atoms with van der Waals surface area (Å²) in [6.07, 6.45) is 3.07. The van der Waals surface area contributed by atoms with Crippen LogP contribution in [0.3, 0.4) is 0 Å². The first-order valence-electron chi connectivity index (χ1n) is 13.4. The van der Waals surface area contributed by atoms with Crippen molar-refractivity contribution in [2.45, 2.75) is 84.6 Å². The lowest BCUT2D eigenvalue weighted by Gasteiger charge is -2.42. The molecule has 2 heterocycles. The van der Waals surface area contributed by atoms with Crippen LogP contribution in [0.15, 0.2) is 28.7 Å². The molecule has 1 aromatic heterocycles. The monoisotopic (exact) mass is 493 g/mol. The van der Waals surface area contributed by atoms with Gasteiger partial charge in [0.05, 0.1) is 6.54 Å². The fourth-order valence-electron chi connectivity index (χ4n) is 5.57. The predicted molar refractivity (Wildman–Crippen MR) is 144 cm³/mol. The molecule has 2 amide bonds. The molecule has 6 heteroatoms. The van der Waals surface area contributed by atoms with Crippen LogP contribution in [0, 0.1) is 6.92 Å². The van der Waals surface area contributed by atoms with Crippen LogP contribution >= 0.6 is 0 Å². The quantitative estimate of drug-likeness (QED) is 0.627. The van der Waals surface area contributed by atoms with Gasteiger partial charge in [-0.05, 0) is 78.8 Å². The number of rotatable bonds is 6. The Hall–Kier alpha value is -2.60. The van der Waals surface area contributed by atoms with Gasteiger partial charge in [-0.1, -0.05) is 39.8 Å². The van der Waals surface area contributed by atoms with Crippen molar-refractivity contribution >= 4 is 11.8 Å². The number of nitrogens with zero attached hydrogens (tertiary/aromatic N) is 2. The van der Waals surface area contributed by atoms with Crippen LogP contribution in [-0.4, -0.2) is 60.4 Å². The molecule has 1 N–H and O–H groups in total. The summed E-state index contributed by atoms with van der Waals surface area (Å²) in [5.41, 5.74) is 5.82. The van der Waals surface area contributed by atoms with Crippen molar-refractivity contribution in [2.75, 3.05) is 32.7 Å². The van der Waals surface area contributed by atoms with Gasteiger partial charge in [-0.3, -0.25) is 14.5 Å². The van der Waals surface area contributed by atoms with E-state index in [4.69, 9.17) is 4.42 Å². The van der Waals surface area contributed by atoms with Crippen molar-refractivity contribution in [1.29, 1.82) is 0 Å². The summed E-state index contributed by atoms with van der Waals surface area (Å²) in [5, 5.41) is 2.93. The number of amides is 2. The Balaban J connectivity index is 1.41. The van der Waals surface area contributed by atoms with E-state index in [-0.39, 0.29) is 28.7 Å². The van der Waals surface area contributed by atoms with Gasteiger partial charge in [0.2, 0.25) is 5.91 Å². The van der Waals surface area contributed by atoms with Crippen LogP contribution in [0.2, 0.25) is 0 Å². The number of fused-ring (bicyclic) bond motifs is 1. The molecule has 4 rings (SSSR count). The Morgan fingerprint density at radius 1 is 0.972 bits per heavy atom. The van der Waals surface area contributed by atoms with E-state index in [0.29, 0.717) is 44.9 Å². The van der Waals surface area contributed by atoms with Crippen molar-refractivity contribution in [2.24, 2.45) is 0 Å². The standard InChI is InChI=1S/C30H43N3O3/c1-20(2)31-27(34)19-32-12-14-33(15-13-32)28(35)26-9-8-23(36-26)17-22-18-25-24(16-21(22)3)29(4,5)10-11-30(25,6)7/h8-9,16,18,20H,10-15,17,19H2,1-7H3,(H,31,34). The first-order valence-corrected chi connectivity index (χ1v) is 13.4. The second-order valence-electron chi connectivity index (χ2n) is 12.3. The number of benzene rings is 1. The molecule has 1 aliphatic heterocycles. The molecule has 36 heavy (non-hydrogen) atoms. The first-order chi connectivity index (χ1) is 16.9. The van der Waals surface area contributed by atoms with Crippen molar-refractivity contribution in [3.8, 4) is 0 Å². The van der Waals surface area contributed by atoms with E-state index in [1.165, 1.54) is 35.1 Å². The highest BCUT2D eigenvalue weighted by Crippen LogP contribution is 2.46. The molecule has 0 spiro atoms. The SMILES string of the molecule is Cc1cc2c(cc1Cc1ccc(C(=O)N3CCN(CC(=O)NC(C)C)CC3)o1)C(C)(C)CCC2(C)C. The molecule has 1 saturated heterocycles. The highest BCUT2D eigenvalue weighted by molar-refractivity contribution is 5.91. The molecule has 1 aliphatic carbocycles. The maximum Gasteiger partial charge on any atom is 0.289 e. The fraction of sp³-hybridized carbons (Fsp3) is 0.600. The van der Waals surface area contributed by atoms with Gasteiger partial charge in [-0.15, -0.1) is 0 Å². The van der Waals surface area contributed by atoms with E-state index in [0.717, 1.165) is 5.76 Å². The van der Waals surface area contributed by atoms with Gasteiger partial charge in [0, 0.05) is 38.6 Å². The zero-order valence-electron chi connectivity index (χ0n) is 23.2. The summed E-state index contributed by atoms with van der Waals surface area (Å²) in [4.78, 5) is 29.0. The van der Waals surface area contributed by atoms with Gasteiger partial charge in [0.25, 0.3) is 5.91 Å². The maximum atomic E-state index is 13.1. The van der Waals surface area contributed by atoms with E-state index in [1.807, 2.05) is 24.8 Å². The lowest BCUT2D eigenvalue weighted by atomic mass is 9.62. The van der Waals surface area contributed by atoms with Crippen molar-refractivity contribution in [3.63, 3.8) is 0 Å². The van der Waals surface area contributed by atoms with E-state index in [2.05, 4.69) is 57.0 Å². The van der Waals surface area contributed by atoms with E-state index < -0.39 is 0 Å². The van der Waals surface area contributed by atoms with E-state index >= 15 is 0 Å². The Kier molecular flexibility index (Phi) is 7.38. The van der Waals surface area contributed by atoms with Gasteiger partial charge in [0.15, 0.2) is 5.76 Å². The molecular weight excluding hydrogens is 450 g/mol. The van der Waals surface area contributed by atoms with Gasteiger partial charge in [0.1, 0.15) is 5.76 Å². The van der Waals surface area contributed by atoms with Crippen LogP contribution in [0.4, 0.5) is 0 Å². The van der Waals surface area contributed by atoms with Crippen LogP contribution in [0.25, 0.3) is 0 Å². The minimum Gasteiger partial charge on any atom is -0.456 e. The Morgan fingerprint density at radius 2 is 1.58 bits per heavy atom. The van der Waals surface area contributed by atoms with Gasteiger partial charge in [-0.2, -0.15) is 0 Å². The van der Waals surface area contributed by atoms with Crippen LogP contribution in [0.5, 0.6) is 0 Å². The Labute approximate surface area is 216 Å². The number of aryl methyl sites for hydroxylation is 1. The summed E-state index contributed by atoms with van der Waals surface area (Å²) in [7, 11) is 0. The van der Waals surface area contributed by atoms with Gasteiger partial charge >= 0.3 is 0 Å². The molecule has 2 aliphatic rings. The minimum absolute atomic E-state index is 0.0323. The molecule has 1 fully saturated rings. The lowest BCUT2D eigenvalue weighted by molar-refractivity contribution is -0.123. The second-order valence-corrected chi connectivity index (χ2v) is 12.3.